The fourth-order valence-electron chi connectivity index (χ4n) is 2.52. The van der Waals surface area contributed by atoms with Gasteiger partial charge in [0.1, 0.15) is 10.0 Å². The summed E-state index contributed by atoms with van der Waals surface area (Å²) in [5, 5.41) is 12.8. The first-order valence-corrected chi connectivity index (χ1v) is 8.32. The molecule has 1 aromatic rings. The van der Waals surface area contributed by atoms with Crippen molar-refractivity contribution in [1.29, 1.82) is 0 Å². The fourth-order valence-corrected chi connectivity index (χ4v) is 3.23. The van der Waals surface area contributed by atoms with Gasteiger partial charge in [-0.2, -0.15) is 0 Å². The molecule has 22 heavy (non-hydrogen) atoms. The van der Waals surface area contributed by atoms with E-state index in [1.807, 2.05) is 6.92 Å². The van der Waals surface area contributed by atoms with E-state index in [0.29, 0.717) is 19.5 Å². The van der Waals surface area contributed by atoms with Crippen molar-refractivity contribution in [2.45, 2.75) is 26.2 Å². The molecule has 0 spiro atoms. The van der Waals surface area contributed by atoms with Crippen LogP contribution in [0.15, 0.2) is 0 Å². The number of hydrogen-bond acceptors (Lipinski definition) is 5. The number of piperidine rings is 1. The van der Waals surface area contributed by atoms with Gasteiger partial charge in [-0.15, -0.1) is 21.5 Å². The lowest BCUT2D eigenvalue weighted by molar-refractivity contribution is -0.126. The number of rotatable bonds is 4. The number of nitrogens with one attached hydrogen (secondary N) is 1. The average Bonchev–Trinajstić information content (AvgIpc) is 2.92. The Labute approximate surface area is 134 Å². The third kappa shape index (κ3) is 4.40. The molecule has 0 radical (unpaired) electrons. The number of aryl methyl sites for hydroxylation is 1. The van der Waals surface area contributed by atoms with Crippen LogP contribution < -0.4 is 5.32 Å². The Kier molecular flexibility index (Phi) is 5.70. The maximum Gasteiger partial charge on any atom is 0.319 e. The van der Waals surface area contributed by atoms with Crippen LogP contribution in [0.2, 0.25) is 0 Å². The summed E-state index contributed by atoms with van der Waals surface area (Å²) in [6.45, 7) is 3.70. The summed E-state index contributed by atoms with van der Waals surface area (Å²) in [6.07, 6.45) is 2.40. The van der Waals surface area contributed by atoms with E-state index in [4.69, 9.17) is 0 Å². The van der Waals surface area contributed by atoms with Crippen molar-refractivity contribution in [1.82, 2.24) is 25.3 Å². The highest BCUT2D eigenvalue weighted by Gasteiger charge is 2.28. The third-order valence-corrected chi connectivity index (χ3v) is 4.55. The lowest BCUT2D eigenvalue weighted by Crippen LogP contribution is -2.48. The monoisotopic (exact) mass is 325 g/mol. The molecule has 2 heterocycles. The zero-order valence-electron chi connectivity index (χ0n) is 13.3. The van der Waals surface area contributed by atoms with Gasteiger partial charge in [0.2, 0.25) is 5.91 Å². The van der Waals surface area contributed by atoms with Crippen LogP contribution in [0.3, 0.4) is 0 Å². The highest BCUT2D eigenvalue weighted by molar-refractivity contribution is 7.11. The Bertz CT molecular complexity index is 531. The van der Waals surface area contributed by atoms with Gasteiger partial charge in [0.05, 0.1) is 5.92 Å². The van der Waals surface area contributed by atoms with Crippen molar-refractivity contribution in [2.24, 2.45) is 5.92 Å². The van der Waals surface area contributed by atoms with E-state index < -0.39 is 0 Å². The Morgan fingerprint density at radius 3 is 2.82 bits per heavy atom. The maximum absolute atomic E-state index is 12.2. The molecule has 0 saturated carbocycles. The number of likely N-dealkylation sites (tertiary alicyclic amines) is 1. The molecule has 1 N–H and O–H groups in total. The van der Waals surface area contributed by atoms with Crippen LogP contribution in [0.4, 0.5) is 4.79 Å². The lowest BCUT2D eigenvalue weighted by Gasteiger charge is -2.33. The molecule has 0 aromatic carbocycles. The van der Waals surface area contributed by atoms with Crippen LogP contribution in [-0.2, 0) is 11.2 Å². The van der Waals surface area contributed by atoms with E-state index in [0.717, 1.165) is 29.4 Å². The fraction of sp³-hybridized carbons (Fsp3) is 0.714. The maximum atomic E-state index is 12.2. The molecule has 1 aromatic heterocycles. The predicted molar refractivity (Wildman–Crippen MR) is 84.7 cm³/mol. The summed E-state index contributed by atoms with van der Waals surface area (Å²) < 4.78 is 0. The summed E-state index contributed by atoms with van der Waals surface area (Å²) in [5.41, 5.74) is 0. The number of urea groups is 1. The number of amides is 3. The highest BCUT2D eigenvalue weighted by Crippen LogP contribution is 2.17. The number of aromatic nitrogens is 2. The van der Waals surface area contributed by atoms with Crippen molar-refractivity contribution < 1.29 is 9.59 Å². The number of carbonyl (C=O) groups excluding carboxylic acids is 2. The van der Waals surface area contributed by atoms with Crippen molar-refractivity contribution in [3.05, 3.63) is 10.0 Å². The normalized spacial score (nSPS) is 18.1. The summed E-state index contributed by atoms with van der Waals surface area (Å²) in [6, 6.07) is -0.0261. The molecular weight excluding hydrogens is 302 g/mol. The second-order valence-electron chi connectivity index (χ2n) is 5.72. The van der Waals surface area contributed by atoms with Crippen molar-refractivity contribution in [2.75, 3.05) is 33.7 Å². The van der Waals surface area contributed by atoms with Crippen LogP contribution in [-0.4, -0.2) is 65.7 Å². The largest absolute Gasteiger partial charge is 0.355 e. The third-order valence-electron chi connectivity index (χ3n) is 3.65. The van der Waals surface area contributed by atoms with E-state index >= 15 is 0 Å². The molecular formula is C14H23N5O2S. The minimum Gasteiger partial charge on any atom is -0.355 e. The zero-order chi connectivity index (χ0) is 16.1. The molecule has 0 aliphatic carbocycles. The second-order valence-corrected chi connectivity index (χ2v) is 6.98. The van der Waals surface area contributed by atoms with Crippen LogP contribution in [0.5, 0.6) is 0 Å². The van der Waals surface area contributed by atoms with Gasteiger partial charge in [-0.25, -0.2) is 4.79 Å². The smallest absolute Gasteiger partial charge is 0.319 e. The van der Waals surface area contributed by atoms with E-state index in [1.54, 1.807) is 35.2 Å². The summed E-state index contributed by atoms with van der Waals surface area (Å²) in [5.74, 6) is -0.0914. The molecule has 1 aliphatic heterocycles. The first kappa shape index (κ1) is 16.7. The van der Waals surface area contributed by atoms with E-state index in [-0.39, 0.29) is 17.9 Å². The van der Waals surface area contributed by atoms with Gasteiger partial charge in [-0.1, -0.05) is 0 Å². The molecule has 1 saturated heterocycles. The van der Waals surface area contributed by atoms with Crippen molar-refractivity contribution in [3.63, 3.8) is 0 Å². The van der Waals surface area contributed by atoms with Crippen LogP contribution >= 0.6 is 11.3 Å². The first-order valence-electron chi connectivity index (χ1n) is 7.50. The van der Waals surface area contributed by atoms with Crippen LogP contribution in [0.25, 0.3) is 0 Å². The van der Waals surface area contributed by atoms with Crippen molar-refractivity contribution in [3.8, 4) is 0 Å². The van der Waals surface area contributed by atoms with Crippen molar-refractivity contribution >= 4 is 23.3 Å². The first-order chi connectivity index (χ1) is 10.5. The van der Waals surface area contributed by atoms with E-state index in [9.17, 15) is 9.59 Å². The Morgan fingerprint density at radius 1 is 1.41 bits per heavy atom. The molecule has 1 aliphatic rings. The average molecular weight is 325 g/mol. The van der Waals surface area contributed by atoms with Gasteiger partial charge in [-0.05, 0) is 19.8 Å². The molecule has 2 rings (SSSR count). The Balaban J connectivity index is 1.78. The highest BCUT2D eigenvalue weighted by atomic mass is 32.1. The lowest BCUT2D eigenvalue weighted by atomic mass is 9.97. The van der Waals surface area contributed by atoms with Gasteiger partial charge >= 0.3 is 6.03 Å². The van der Waals surface area contributed by atoms with Gasteiger partial charge in [-0.3, -0.25) is 4.79 Å². The molecule has 122 valence electrons. The molecule has 7 nitrogen and oxygen atoms in total. The molecule has 3 amide bonds. The Morgan fingerprint density at radius 2 is 2.18 bits per heavy atom. The minimum absolute atomic E-state index is 0.0255. The number of carbonyl (C=O) groups is 2. The minimum atomic E-state index is -0.117. The summed E-state index contributed by atoms with van der Waals surface area (Å²) in [4.78, 5) is 27.5. The zero-order valence-corrected chi connectivity index (χ0v) is 14.2. The molecule has 1 atom stereocenters. The van der Waals surface area contributed by atoms with Gasteiger partial charge in [0, 0.05) is 40.2 Å². The standard InChI is InChI=1S/C14H23N5O2S/c1-10-16-17-12(22-10)6-7-15-13(20)11-5-4-8-19(9-11)14(21)18(2)3/h11H,4-9H2,1-3H3,(H,15,20). The van der Waals surface area contributed by atoms with Crippen LogP contribution in [0, 0.1) is 12.8 Å². The molecule has 0 bridgehead atoms. The molecule has 8 heteroatoms. The van der Waals surface area contributed by atoms with Gasteiger partial charge in [0.15, 0.2) is 0 Å². The van der Waals surface area contributed by atoms with Gasteiger partial charge < -0.3 is 15.1 Å². The SMILES string of the molecule is Cc1nnc(CCNC(=O)C2CCCN(C(=O)N(C)C)C2)s1. The molecule has 1 unspecified atom stereocenters. The topological polar surface area (TPSA) is 78.4 Å². The molecule has 1 fully saturated rings. The van der Waals surface area contributed by atoms with E-state index in [2.05, 4.69) is 15.5 Å². The second kappa shape index (κ2) is 7.53. The predicted octanol–water partition coefficient (Wildman–Crippen LogP) is 0.899. The quantitative estimate of drug-likeness (QED) is 0.892. The summed E-state index contributed by atoms with van der Waals surface area (Å²) >= 11 is 1.55. The summed E-state index contributed by atoms with van der Waals surface area (Å²) in [7, 11) is 3.46. The van der Waals surface area contributed by atoms with Crippen LogP contribution in [0.1, 0.15) is 22.9 Å². The Hall–Kier alpha value is -1.70. The number of hydrogen-bond donors (Lipinski definition) is 1. The number of nitrogens with zero attached hydrogens (tertiary/aromatic N) is 4. The van der Waals surface area contributed by atoms with Gasteiger partial charge in [0.25, 0.3) is 0 Å². The van der Waals surface area contributed by atoms with E-state index in [1.165, 1.54) is 0 Å².